The van der Waals surface area contributed by atoms with E-state index in [-0.39, 0.29) is 5.88 Å². The lowest BCUT2D eigenvalue weighted by molar-refractivity contribution is 0.217. The van der Waals surface area contributed by atoms with Crippen molar-refractivity contribution >= 4 is 0 Å². The smallest absolute Gasteiger partial charge is 0.205 e. The summed E-state index contributed by atoms with van der Waals surface area (Å²) in [6.07, 6.45) is 1.51. The van der Waals surface area contributed by atoms with Gasteiger partial charge in [0, 0.05) is 12.0 Å². The third-order valence-electron chi connectivity index (χ3n) is 4.33. The summed E-state index contributed by atoms with van der Waals surface area (Å²) in [6.45, 7) is 8.45. The first-order valence-corrected chi connectivity index (χ1v) is 8.86. The minimum absolute atomic E-state index is 0.105. The predicted molar refractivity (Wildman–Crippen MR) is 103 cm³/mol. The van der Waals surface area contributed by atoms with Crippen LogP contribution in [0, 0.1) is 11.3 Å². The van der Waals surface area contributed by atoms with Crippen molar-refractivity contribution in [1.29, 1.82) is 5.26 Å². The number of allylic oxidation sites excluding steroid dienone is 3. The number of rotatable bonds is 8. The molecule has 0 radical (unpaired) electrons. The molecule has 0 amide bonds. The summed E-state index contributed by atoms with van der Waals surface area (Å²) in [6, 6.07) is 7.70. The van der Waals surface area contributed by atoms with Gasteiger partial charge in [0.25, 0.3) is 0 Å². The third-order valence-corrected chi connectivity index (χ3v) is 4.33. The van der Waals surface area contributed by atoms with Crippen molar-refractivity contribution in [3.8, 4) is 17.6 Å². The SMILES string of the molecule is C=C(OCC)C1=C(CCC)OC(N)=C(C#N)[C@H]1c1ccc(OC)c(OC)c1. The average Bonchev–Trinajstić information content (AvgIpc) is 2.67. The van der Waals surface area contributed by atoms with Gasteiger partial charge in [-0.1, -0.05) is 19.6 Å². The largest absolute Gasteiger partial charge is 0.494 e. The first kappa shape index (κ1) is 20.2. The summed E-state index contributed by atoms with van der Waals surface area (Å²) in [5.41, 5.74) is 7.95. The number of hydrogen-bond acceptors (Lipinski definition) is 6. The molecule has 2 rings (SSSR count). The molecular weight excluding hydrogens is 344 g/mol. The van der Waals surface area contributed by atoms with Gasteiger partial charge in [0.1, 0.15) is 23.2 Å². The summed E-state index contributed by atoms with van der Waals surface area (Å²) >= 11 is 0. The summed E-state index contributed by atoms with van der Waals surface area (Å²) in [7, 11) is 3.14. The highest BCUT2D eigenvalue weighted by Crippen LogP contribution is 2.45. The third kappa shape index (κ3) is 4.03. The number of ether oxygens (including phenoxy) is 4. The zero-order valence-corrected chi connectivity index (χ0v) is 16.3. The van der Waals surface area contributed by atoms with E-state index in [4.69, 9.17) is 24.7 Å². The molecule has 27 heavy (non-hydrogen) atoms. The second kappa shape index (κ2) is 9.04. The zero-order valence-electron chi connectivity index (χ0n) is 16.3. The Labute approximate surface area is 160 Å². The number of hydrogen-bond donors (Lipinski definition) is 1. The van der Waals surface area contributed by atoms with Crippen molar-refractivity contribution in [3.63, 3.8) is 0 Å². The summed E-state index contributed by atoms with van der Waals surface area (Å²) in [4.78, 5) is 0. The number of nitriles is 1. The Morgan fingerprint density at radius 1 is 1.26 bits per heavy atom. The molecule has 0 spiro atoms. The minimum Gasteiger partial charge on any atom is -0.494 e. The fraction of sp³-hybridized carbons (Fsp3) is 0.381. The number of nitrogens with two attached hydrogens (primary N) is 1. The van der Waals surface area contributed by atoms with Crippen LogP contribution in [0.15, 0.2) is 53.3 Å². The van der Waals surface area contributed by atoms with Crippen molar-refractivity contribution in [3.05, 3.63) is 58.9 Å². The highest BCUT2D eigenvalue weighted by molar-refractivity contribution is 5.56. The highest BCUT2D eigenvalue weighted by Gasteiger charge is 2.35. The van der Waals surface area contributed by atoms with E-state index in [1.54, 1.807) is 20.3 Å². The molecule has 2 N–H and O–H groups in total. The van der Waals surface area contributed by atoms with Crippen molar-refractivity contribution in [2.24, 2.45) is 5.73 Å². The van der Waals surface area contributed by atoms with Crippen LogP contribution in [0.4, 0.5) is 0 Å². The Morgan fingerprint density at radius 2 is 1.96 bits per heavy atom. The molecule has 0 aliphatic carbocycles. The monoisotopic (exact) mass is 370 g/mol. The van der Waals surface area contributed by atoms with E-state index in [1.807, 2.05) is 26.0 Å². The van der Waals surface area contributed by atoms with Gasteiger partial charge in [0.05, 0.1) is 26.7 Å². The second-order valence-electron chi connectivity index (χ2n) is 5.98. The molecule has 1 aliphatic rings. The maximum absolute atomic E-state index is 9.75. The first-order chi connectivity index (χ1) is 13.0. The van der Waals surface area contributed by atoms with Crippen LogP contribution in [0.3, 0.4) is 0 Å². The van der Waals surface area contributed by atoms with Crippen LogP contribution in [0.25, 0.3) is 0 Å². The zero-order chi connectivity index (χ0) is 20.0. The molecule has 1 atom stereocenters. The van der Waals surface area contributed by atoms with E-state index in [2.05, 4.69) is 12.6 Å². The highest BCUT2D eigenvalue weighted by atomic mass is 16.5. The predicted octanol–water partition coefficient (Wildman–Crippen LogP) is 4.12. The van der Waals surface area contributed by atoms with Gasteiger partial charge in [-0.2, -0.15) is 5.26 Å². The van der Waals surface area contributed by atoms with Crippen LogP contribution < -0.4 is 15.2 Å². The Balaban J connectivity index is 2.69. The molecule has 1 aromatic carbocycles. The first-order valence-electron chi connectivity index (χ1n) is 8.86. The maximum Gasteiger partial charge on any atom is 0.205 e. The van der Waals surface area contributed by atoms with Crippen molar-refractivity contribution in [2.45, 2.75) is 32.6 Å². The molecule has 144 valence electrons. The molecule has 0 bridgehead atoms. The molecule has 0 saturated carbocycles. The maximum atomic E-state index is 9.75. The fourth-order valence-corrected chi connectivity index (χ4v) is 3.16. The van der Waals surface area contributed by atoms with Crippen molar-refractivity contribution in [1.82, 2.24) is 0 Å². The Morgan fingerprint density at radius 3 is 2.52 bits per heavy atom. The number of benzene rings is 1. The van der Waals surface area contributed by atoms with E-state index < -0.39 is 5.92 Å². The molecule has 1 heterocycles. The lowest BCUT2D eigenvalue weighted by atomic mass is 9.81. The summed E-state index contributed by atoms with van der Waals surface area (Å²) in [5.74, 6) is 1.97. The van der Waals surface area contributed by atoms with Gasteiger partial charge < -0.3 is 24.7 Å². The van der Waals surface area contributed by atoms with E-state index in [0.29, 0.717) is 41.6 Å². The second-order valence-corrected chi connectivity index (χ2v) is 5.98. The molecule has 1 aliphatic heterocycles. The van der Waals surface area contributed by atoms with Gasteiger partial charge in [-0.05, 0) is 31.0 Å². The fourth-order valence-electron chi connectivity index (χ4n) is 3.16. The number of nitrogens with zero attached hydrogens (tertiary/aromatic N) is 1. The number of methoxy groups -OCH3 is 2. The quantitative estimate of drug-likeness (QED) is 0.693. The lowest BCUT2D eigenvalue weighted by Crippen LogP contribution is -2.22. The molecule has 0 aromatic heterocycles. The molecule has 1 aromatic rings. The Bertz CT molecular complexity index is 818. The van der Waals surface area contributed by atoms with Crippen LogP contribution in [-0.2, 0) is 9.47 Å². The molecule has 0 unspecified atom stereocenters. The van der Waals surface area contributed by atoms with Crippen LogP contribution in [0.5, 0.6) is 11.5 Å². The Hall–Kier alpha value is -3.07. The normalized spacial score (nSPS) is 16.5. The van der Waals surface area contributed by atoms with Crippen LogP contribution in [0.2, 0.25) is 0 Å². The van der Waals surface area contributed by atoms with Gasteiger partial charge in [-0.15, -0.1) is 0 Å². The molecule has 6 nitrogen and oxygen atoms in total. The van der Waals surface area contributed by atoms with Gasteiger partial charge in [0.2, 0.25) is 5.88 Å². The topological polar surface area (TPSA) is 86.7 Å². The lowest BCUT2D eigenvalue weighted by Gasteiger charge is -2.30. The minimum atomic E-state index is -0.454. The Kier molecular flexibility index (Phi) is 6.78. The van der Waals surface area contributed by atoms with Crippen LogP contribution in [0.1, 0.15) is 38.2 Å². The molecular formula is C21H26N2O4. The van der Waals surface area contributed by atoms with Crippen LogP contribution >= 0.6 is 0 Å². The van der Waals surface area contributed by atoms with Crippen molar-refractivity contribution in [2.75, 3.05) is 20.8 Å². The van der Waals surface area contributed by atoms with E-state index >= 15 is 0 Å². The standard InChI is InChI=1S/C21H26N2O4/c1-6-8-17-19(13(3)26-7-2)20(15(12-22)21(23)27-17)14-9-10-16(24-4)18(11-14)25-5/h9-11,20H,3,6-8,23H2,1-2,4-5H3/t20-/m1/s1. The molecule has 0 fully saturated rings. The van der Waals surface area contributed by atoms with Crippen molar-refractivity contribution < 1.29 is 18.9 Å². The molecule has 6 heteroatoms. The van der Waals surface area contributed by atoms with Gasteiger partial charge >= 0.3 is 0 Å². The van der Waals surface area contributed by atoms with E-state index in [9.17, 15) is 5.26 Å². The van der Waals surface area contributed by atoms with E-state index in [1.165, 1.54) is 0 Å². The average molecular weight is 370 g/mol. The van der Waals surface area contributed by atoms with Crippen LogP contribution in [-0.4, -0.2) is 20.8 Å². The summed E-state index contributed by atoms with van der Waals surface area (Å²) in [5, 5.41) is 9.75. The molecule has 0 saturated heterocycles. The van der Waals surface area contributed by atoms with Gasteiger partial charge in [-0.3, -0.25) is 0 Å². The van der Waals surface area contributed by atoms with Gasteiger partial charge in [0.15, 0.2) is 11.5 Å². The van der Waals surface area contributed by atoms with E-state index in [0.717, 1.165) is 17.6 Å². The van der Waals surface area contributed by atoms with Gasteiger partial charge in [-0.25, -0.2) is 0 Å². The summed E-state index contributed by atoms with van der Waals surface area (Å²) < 4.78 is 22.2.